The lowest BCUT2D eigenvalue weighted by molar-refractivity contribution is -0.121. The summed E-state index contributed by atoms with van der Waals surface area (Å²) in [6.45, 7) is 0.153. The Morgan fingerprint density at radius 3 is 2.94 bits per heavy atom. The van der Waals surface area contributed by atoms with Crippen LogP contribution in [0.5, 0.6) is 0 Å². The molecule has 0 aliphatic rings. The molecule has 5 aromatic rings. The van der Waals surface area contributed by atoms with Crippen LogP contribution in [0.3, 0.4) is 0 Å². The summed E-state index contributed by atoms with van der Waals surface area (Å²) in [6, 6.07) is 11.7. The number of amides is 1. The molecule has 3 heterocycles. The summed E-state index contributed by atoms with van der Waals surface area (Å²) in [4.78, 5) is 33.8. The third-order valence-electron chi connectivity index (χ3n) is 5.27. The first-order valence-corrected chi connectivity index (χ1v) is 9.75. The second-order valence-corrected chi connectivity index (χ2v) is 7.27. The zero-order chi connectivity index (χ0) is 21.5. The van der Waals surface area contributed by atoms with Gasteiger partial charge in [-0.05, 0) is 24.3 Å². The van der Waals surface area contributed by atoms with E-state index in [2.05, 4.69) is 15.3 Å². The average molecular weight is 419 g/mol. The van der Waals surface area contributed by atoms with E-state index >= 15 is 0 Å². The minimum absolute atomic E-state index is 0.128. The molecule has 9 heteroatoms. The van der Waals surface area contributed by atoms with Crippen molar-refractivity contribution in [3.8, 4) is 0 Å². The molecule has 1 amide bonds. The fraction of sp³-hybridized carbons (Fsp3) is 0.182. The van der Waals surface area contributed by atoms with E-state index in [9.17, 15) is 14.0 Å². The number of fused-ring (bicyclic) bond motifs is 4. The first-order valence-electron chi connectivity index (χ1n) is 9.75. The number of benzene rings is 2. The zero-order valence-electron chi connectivity index (χ0n) is 16.6. The quantitative estimate of drug-likeness (QED) is 0.472. The molecule has 156 valence electrons. The average Bonchev–Trinajstić information content (AvgIpc) is 3.28. The predicted octanol–water partition coefficient (Wildman–Crippen LogP) is 2.53. The largest absolute Gasteiger partial charge is 0.448 e. The Kier molecular flexibility index (Phi) is 4.50. The molecule has 0 bridgehead atoms. The number of aromatic nitrogens is 4. The molecule has 0 radical (unpaired) electrons. The first kappa shape index (κ1) is 19.0. The standard InChI is InChI=1S/C22H18FN5O3/c1-27-16-7-6-13(23)10-15(16)26-18(27)8-9-24-19(29)11-28-12-25-20-14-4-2-3-5-17(14)31-21(20)22(28)30/h2-7,10,12H,8-9,11H2,1H3,(H,24,29). The molecule has 5 rings (SSSR count). The molecule has 0 spiro atoms. The fourth-order valence-corrected chi connectivity index (χ4v) is 3.70. The van der Waals surface area contributed by atoms with E-state index in [-0.39, 0.29) is 23.9 Å². The lowest BCUT2D eigenvalue weighted by atomic mass is 10.2. The summed E-state index contributed by atoms with van der Waals surface area (Å²) in [6.07, 6.45) is 1.82. The molecule has 0 aliphatic carbocycles. The number of hydrogen-bond acceptors (Lipinski definition) is 5. The maximum atomic E-state index is 13.4. The van der Waals surface area contributed by atoms with Crippen LogP contribution in [0.1, 0.15) is 5.82 Å². The molecular formula is C22H18FN5O3. The molecule has 0 aliphatic heterocycles. The maximum absolute atomic E-state index is 13.4. The summed E-state index contributed by atoms with van der Waals surface area (Å²) >= 11 is 0. The van der Waals surface area contributed by atoms with Crippen molar-refractivity contribution in [3.63, 3.8) is 0 Å². The molecule has 0 fully saturated rings. The number of carbonyl (C=O) groups is 1. The van der Waals surface area contributed by atoms with Crippen molar-refractivity contribution < 1.29 is 13.6 Å². The number of furan rings is 1. The van der Waals surface area contributed by atoms with Crippen LogP contribution in [0.4, 0.5) is 4.39 Å². The third-order valence-corrected chi connectivity index (χ3v) is 5.27. The van der Waals surface area contributed by atoms with E-state index in [1.807, 2.05) is 29.8 Å². The Morgan fingerprint density at radius 2 is 2.06 bits per heavy atom. The summed E-state index contributed by atoms with van der Waals surface area (Å²) < 4.78 is 22.1. The van der Waals surface area contributed by atoms with Gasteiger partial charge in [-0.15, -0.1) is 0 Å². The van der Waals surface area contributed by atoms with Crippen LogP contribution in [-0.2, 0) is 24.8 Å². The molecule has 0 saturated heterocycles. The molecule has 3 aromatic heterocycles. The van der Waals surface area contributed by atoms with Gasteiger partial charge in [0.15, 0.2) is 0 Å². The number of nitrogens with one attached hydrogen (secondary N) is 1. The van der Waals surface area contributed by atoms with Crippen LogP contribution >= 0.6 is 0 Å². The molecule has 1 N–H and O–H groups in total. The van der Waals surface area contributed by atoms with Gasteiger partial charge in [0, 0.05) is 31.5 Å². The molecule has 0 atom stereocenters. The van der Waals surface area contributed by atoms with Gasteiger partial charge in [-0.25, -0.2) is 14.4 Å². The molecule has 0 saturated carbocycles. The van der Waals surface area contributed by atoms with Gasteiger partial charge < -0.3 is 14.3 Å². The molecule has 8 nitrogen and oxygen atoms in total. The van der Waals surface area contributed by atoms with Crippen molar-refractivity contribution in [2.45, 2.75) is 13.0 Å². The van der Waals surface area contributed by atoms with Crippen molar-refractivity contribution in [2.75, 3.05) is 6.54 Å². The van der Waals surface area contributed by atoms with E-state index in [0.29, 0.717) is 29.6 Å². The van der Waals surface area contributed by atoms with Gasteiger partial charge in [0.05, 0.1) is 17.4 Å². The highest BCUT2D eigenvalue weighted by Gasteiger charge is 2.15. The monoisotopic (exact) mass is 419 g/mol. The molecule has 2 aromatic carbocycles. The zero-order valence-corrected chi connectivity index (χ0v) is 16.6. The third kappa shape index (κ3) is 3.33. The highest BCUT2D eigenvalue weighted by atomic mass is 19.1. The first-order chi connectivity index (χ1) is 15.0. The Morgan fingerprint density at radius 1 is 1.23 bits per heavy atom. The second-order valence-electron chi connectivity index (χ2n) is 7.27. The van der Waals surface area contributed by atoms with Crippen molar-refractivity contribution in [3.05, 3.63) is 70.8 Å². The summed E-state index contributed by atoms with van der Waals surface area (Å²) in [5.74, 6) is 0.0542. The highest BCUT2D eigenvalue weighted by molar-refractivity contribution is 6.01. The lowest BCUT2D eigenvalue weighted by Gasteiger charge is -2.07. The summed E-state index contributed by atoms with van der Waals surface area (Å²) in [5, 5.41) is 3.54. The van der Waals surface area contributed by atoms with Gasteiger partial charge in [0.2, 0.25) is 11.5 Å². The van der Waals surface area contributed by atoms with Gasteiger partial charge in [0.1, 0.15) is 29.3 Å². The number of halogens is 1. The SMILES string of the molecule is Cn1c(CCNC(=O)Cn2cnc3c(oc4ccccc43)c2=O)nc2cc(F)ccc21. The van der Waals surface area contributed by atoms with Gasteiger partial charge in [-0.2, -0.15) is 0 Å². The number of carbonyl (C=O) groups excluding carboxylic acids is 1. The van der Waals surface area contributed by atoms with Gasteiger partial charge in [0.25, 0.3) is 5.56 Å². The van der Waals surface area contributed by atoms with Crippen LogP contribution in [0.2, 0.25) is 0 Å². The highest BCUT2D eigenvalue weighted by Crippen LogP contribution is 2.24. The number of nitrogens with zero attached hydrogens (tertiary/aromatic N) is 4. The molecular weight excluding hydrogens is 401 g/mol. The predicted molar refractivity (Wildman–Crippen MR) is 113 cm³/mol. The summed E-state index contributed by atoms with van der Waals surface area (Å²) in [5.41, 5.74) is 2.17. The van der Waals surface area contributed by atoms with Crippen LogP contribution in [0, 0.1) is 5.82 Å². The van der Waals surface area contributed by atoms with Gasteiger partial charge in [-0.1, -0.05) is 12.1 Å². The van der Waals surface area contributed by atoms with Crippen molar-refractivity contribution in [1.29, 1.82) is 0 Å². The maximum Gasteiger partial charge on any atom is 0.297 e. The van der Waals surface area contributed by atoms with Crippen molar-refractivity contribution in [2.24, 2.45) is 7.05 Å². The van der Waals surface area contributed by atoms with Gasteiger partial charge >= 0.3 is 0 Å². The molecule has 31 heavy (non-hydrogen) atoms. The normalized spacial score (nSPS) is 11.5. The van der Waals surface area contributed by atoms with Crippen LogP contribution < -0.4 is 10.9 Å². The number of aryl methyl sites for hydroxylation is 1. The van der Waals surface area contributed by atoms with Crippen LogP contribution in [0.15, 0.2) is 58.0 Å². The van der Waals surface area contributed by atoms with Crippen LogP contribution in [-0.4, -0.2) is 31.6 Å². The number of imidazole rings is 1. The van der Waals surface area contributed by atoms with Gasteiger partial charge in [-0.3, -0.25) is 14.2 Å². The van der Waals surface area contributed by atoms with Crippen molar-refractivity contribution in [1.82, 2.24) is 24.4 Å². The van der Waals surface area contributed by atoms with E-state index in [4.69, 9.17) is 4.42 Å². The fourth-order valence-electron chi connectivity index (χ4n) is 3.70. The van der Waals surface area contributed by atoms with Crippen molar-refractivity contribution >= 4 is 39.0 Å². The lowest BCUT2D eigenvalue weighted by Crippen LogP contribution is -2.33. The Labute approximate surface area is 174 Å². The van der Waals surface area contributed by atoms with Crippen LogP contribution in [0.25, 0.3) is 33.1 Å². The Hall–Kier alpha value is -4.01. The van der Waals surface area contributed by atoms with E-state index in [1.54, 1.807) is 12.1 Å². The Bertz CT molecular complexity index is 1510. The smallest absolute Gasteiger partial charge is 0.297 e. The number of hydrogen-bond donors (Lipinski definition) is 1. The topological polar surface area (TPSA) is 95.0 Å². The second kappa shape index (κ2) is 7.35. The minimum Gasteiger partial charge on any atom is -0.448 e. The van der Waals surface area contributed by atoms with E-state index < -0.39 is 5.56 Å². The molecule has 0 unspecified atom stereocenters. The summed E-state index contributed by atoms with van der Waals surface area (Å²) in [7, 11) is 1.85. The minimum atomic E-state index is -0.409. The Balaban J connectivity index is 1.28. The number of rotatable bonds is 5. The van der Waals surface area contributed by atoms with E-state index in [0.717, 1.165) is 16.7 Å². The number of para-hydroxylation sites is 1. The van der Waals surface area contributed by atoms with E-state index in [1.165, 1.54) is 23.0 Å².